The van der Waals surface area contributed by atoms with Crippen molar-refractivity contribution in [3.8, 4) is 5.75 Å². The van der Waals surface area contributed by atoms with Gasteiger partial charge in [0.15, 0.2) is 0 Å². The van der Waals surface area contributed by atoms with Crippen LogP contribution in [0, 0.1) is 12.8 Å². The summed E-state index contributed by atoms with van der Waals surface area (Å²) in [7, 11) is 0. The minimum absolute atomic E-state index is 0.00181. The van der Waals surface area contributed by atoms with Gasteiger partial charge in [-0.25, -0.2) is 0 Å². The van der Waals surface area contributed by atoms with Gasteiger partial charge >= 0.3 is 0 Å². The molecule has 31 heavy (non-hydrogen) atoms. The number of benzene rings is 2. The number of nitrogens with zero attached hydrogens (tertiary/aromatic N) is 2. The second-order valence-electron chi connectivity index (χ2n) is 9.27. The maximum absolute atomic E-state index is 13.2. The number of nitrogens with two attached hydrogens (primary N) is 1. The fourth-order valence-corrected chi connectivity index (χ4v) is 5.10. The molecule has 1 aliphatic carbocycles. The van der Waals surface area contributed by atoms with E-state index in [9.17, 15) is 9.90 Å². The predicted molar refractivity (Wildman–Crippen MR) is 126 cm³/mol. The van der Waals surface area contributed by atoms with Crippen LogP contribution < -0.4 is 10.6 Å². The number of aromatic hydroxyl groups is 1. The van der Waals surface area contributed by atoms with Gasteiger partial charge in [0.1, 0.15) is 5.75 Å². The van der Waals surface area contributed by atoms with Crippen molar-refractivity contribution < 1.29 is 9.90 Å². The number of phenolic OH excluding ortho intramolecular Hbond substituents is 1. The maximum Gasteiger partial charge on any atom is 0.222 e. The molecule has 166 valence electrons. The summed E-state index contributed by atoms with van der Waals surface area (Å²) in [6.07, 6.45) is 8.18. The average molecular weight is 422 g/mol. The summed E-state index contributed by atoms with van der Waals surface area (Å²) in [4.78, 5) is 17.5. The third-order valence-corrected chi connectivity index (χ3v) is 6.94. The summed E-state index contributed by atoms with van der Waals surface area (Å²) in [6, 6.07) is 13.8. The molecule has 2 aliphatic rings. The van der Waals surface area contributed by atoms with Crippen LogP contribution in [0.25, 0.3) is 0 Å². The highest BCUT2D eigenvalue weighted by Crippen LogP contribution is 2.37. The number of carbonyl (C=O) groups excluding carboxylic acids is 1. The number of piperazine rings is 1. The average Bonchev–Trinajstić information content (AvgIpc) is 3.03. The lowest BCUT2D eigenvalue weighted by Crippen LogP contribution is -2.51. The van der Waals surface area contributed by atoms with Gasteiger partial charge < -0.3 is 20.6 Å². The third-order valence-electron chi connectivity index (χ3n) is 6.94. The maximum atomic E-state index is 13.2. The quantitative estimate of drug-likeness (QED) is 0.536. The van der Waals surface area contributed by atoms with Crippen molar-refractivity contribution in [2.75, 3.05) is 30.3 Å². The molecule has 1 saturated heterocycles. The largest absolute Gasteiger partial charge is 0.506 e. The molecule has 1 heterocycles. The van der Waals surface area contributed by atoms with Gasteiger partial charge in [-0.15, -0.1) is 0 Å². The van der Waals surface area contributed by atoms with Gasteiger partial charge in [0.05, 0.1) is 11.7 Å². The molecule has 5 heteroatoms. The Morgan fingerprint density at radius 3 is 2.42 bits per heavy atom. The fourth-order valence-electron chi connectivity index (χ4n) is 5.10. The Balaban J connectivity index is 1.55. The SMILES string of the molecule is Cc1ccc(C2CN(C(=O)CC3CCCCCC3)CCN2c2ccc(N)cc2O)cc1. The number of carbonyl (C=O) groups is 1. The van der Waals surface area contributed by atoms with E-state index in [1.165, 1.54) is 44.1 Å². The summed E-state index contributed by atoms with van der Waals surface area (Å²) in [5, 5.41) is 10.6. The second-order valence-corrected chi connectivity index (χ2v) is 9.27. The van der Waals surface area contributed by atoms with Crippen LogP contribution in [0.4, 0.5) is 11.4 Å². The molecule has 4 rings (SSSR count). The van der Waals surface area contributed by atoms with Crippen LogP contribution in [0.1, 0.15) is 62.1 Å². The molecular weight excluding hydrogens is 386 g/mol. The van der Waals surface area contributed by atoms with Gasteiger partial charge in [-0.05, 0) is 43.4 Å². The minimum atomic E-state index is 0.00181. The van der Waals surface area contributed by atoms with Crippen LogP contribution in [0.3, 0.4) is 0 Å². The molecule has 5 nitrogen and oxygen atoms in total. The third kappa shape index (κ3) is 5.15. The first-order valence-corrected chi connectivity index (χ1v) is 11.7. The lowest BCUT2D eigenvalue weighted by atomic mass is 9.95. The molecule has 1 unspecified atom stereocenters. The Labute approximate surface area is 185 Å². The van der Waals surface area contributed by atoms with E-state index in [1.807, 2.05) is 17.0 Å². The Kier molecular flexibility index (Phi) is 6.69. The number of anilines is 2. The van der Waals surface area contributed by atoms with Crippen molar-refractivity contribution >= 4 is 17.3 Å². The summed E-state index contributed by atoms with van der Waals surface area (Å²) < 4.78 is 0. The van der Waals surface area contributed by atoms with Gasteiger partial charge in [0.2, 0.25) is 5.91 Å². The summed E-state index contributed by atoms with van der Waals surface area (Å²) >= 11 is 0. The normalized spacial score (nSPS) is 20.5. The van der Waals surface area contributed by atoms with Crippen molar-refractivity contribution in [1.29, 1.82) is 0 Å². The van der Waals surface area contributed by atoms with Gasteiger partial charge in [-0.2, -0.15) is 0 Å². The highest BCUT2D eigenvalue weighted by Gasteiger charge is 2.32. The standard InChI is InChI=1S/C26H35N3O2/c1-19-8-10-21(11-9-19)24-18-28(26(31)16-20-6-4-2-3-5-7-20)14-15-29(24)23-13-12-22(27)17-25(23)30/h8-13,17,20,24,30H,2-7,14-16,18,27H2,1H3. The molecule has 0 aromatic heterocycles. The number of aryl methyl sites for hydroxylation is 1. The topological polar surface area (TPSA) is 69.8 Å². The van der Waals surface area contributed by atoms with E-state index in [0.717, 1.165) is 11.3 Å². The monoisotopic (exact) mass is 421 g/mol. The molecular formula is C26H35N3O2. The lowest BCUT2D eigenvalue weighted by Gasteiger charge is -2.43. The van der Waals surface area contributed by atoms with Crippen molar-refractivity contribution in [3.63, 3.8) is 0 Å². The van der Waals surface area contributed by atoms with Crippen LogP contribution in [-0.4, -0.2) is 35.5 Å². The van der Waals surface area contributed by atoms with Gasteiger partial charge in [0, 0.05) is 37.8 Å². The summed E-state index contributed by atoms with van der Waals surface area (Å²) in [5.74, 6) is 1.01. The molecule has 1 saturated carbocycles. The highest BCUT2D eigenvalue weighted by atomic mass is 16.3. The first-order chi connectivity index (χ1) is 15.0. The number of nitrogen functional groups attached to an aromatic ring is 1. The zero-order valence-electron chi connectivity index (χ0n) is 18.6. The zero-order chi connectivity index (χ0) is 21.8. The first kappa shape index (κ1) is 21.5. The molecule has 1 amide bonds. The van der Waals surface area contributed by atoms with Crippen LogP contribution in [0.2, 0.25) is 0 Å². The Hall–Kier alpha value is -2.69. The summed E-state index contributed by atoms with van der Waals surface area (Å²) in [5.41, 5.74) is 9.54. The van der Waals surface area contributed by atoms with Gasteiger partial charge in [-0.1, -0.05) is 55.5 Å². The fraction of sp³-hybridized carbons (Fsp3) is 0.500. The van der Waals surface area contributed by atoms with Gasteiger partial charge in [-0.3, -0.25) is 4.79 Å². The lowest BCUT2D eigenvalue weighted by molar-refractivity contribution is -0.133. The molecule has 0 radical (unpaired) electrons. The van der Waals surface area contributed by atoms with Gasteiger partial charge in [0.25, 0.3) is 0 Å². The van der Waals surface area contributed by atoms with Crippen molar-refractivity contribution in [2.45, 2.75) is 57.9 Å². The Morgan fingerprint density at radius 2 is 1.74 bits per heavy atom. The van der Waals surface area contributed by atoms with E-state index in [-0.39, 0.29) is 17.7 Å². The van der Waals surface area contributed by atoms with E-state index in [2.05, 4.69) is 36.1 Å². The van der Waals surface area contributed by atoms with Crippen LogP contribution in [0.15, 0.2) is 42.5 Å². The molecule has 2 fully saturated rings. The molecule has 1 atom stereocenters. The smallest absolute Gasteiger partial charge is 0.222 e. The zero-order valence-corrected chi connectivity index (χ0v) is 18.6. The van der Waals surface area contributed by atoms with Crippen LogP contribution >= 0.6 is 0 Å². The van der Waals surface area contributed by atoms with Crippen molar-refractivity contribution in [3.05, 3.63) is 53.6 Å². The summed E-state index contributed by atoms with van der Waals surface area (Å²) in [6.45, 7) is 4.08. The predicted octanol–water partition coefficient (Wildman–Crippen LogP) is 5.03. The number of rotatable bonds is 4. The first-order valence-electron chi connectivity index (χ1n) is 11.7. The van der Waals surface area contributed by atoms with E-state index in [1.54, 1.807) is 6.07 Å². The molecule has 0 bridgehead atoms. The molecule has 2 aromatic rings. The Morgan fingerprint density at radius 1 is 1.03 bits per heavy atom. The van der Waals surface area contributed by atoms with Crippen molar-refractivity contribution in [2.24, 2.45) is 5.92 Å². The molecule has 2 aromatic carbocycles. The van der Waals surface area contributed by atoms with E-state index >= 15 is 0 Å². The van der Waals surface area contributed by atoms with Crippen LogP contribution in [-0.2, 0) is 4.79 Å². The van der Waals surface area contributed by atoms with E-state index in [0.29, 0.717) is 37.7 Å². The van der Waals surface area contributed by atoms with E-state index < -0.39 is 0 Å². The molecule has 1 aliphatic heterocycles. The second kappa shape index (κ2) is 9.63. The Bertz CT molecular complexity index is 888. The highest BCUT2D eigenvalue weighted by molar-refractivity contribution is 5.77. The minimum Gasteiger partial charge on any atom is -0.506 e. The number of amides is 1. The van der Waals surface area contributed by atoms with Crippen LogP contribution in [0.5, 0.6) is 5.75 Å². The number of hydrogen-bond donors (Lipinski definition) is 2. The molecule has 3 N–H and O–H groups in total. The van der Waals surface area contributed by atoms with Crippen molar-refractivity contribution in [1.82, 2.24) is 4.90 Å². The number of phenols is 1. The number of hydrogen-bond acceptors (Lipinski definition) is 4. The molecule has 0 spiro atoms. The van der Waals surface area contributed by atoms with E-state index in [4.69, 9.17) is 5.73 Å².